The van der Waals surface area contributed by atoms with Crippen LogP contribution in [-0.4, -0.2) is 58.7 Å². The third-order valence-corrected chi connectivity index (χ3v) is 4.33. The van der Waals surface area contributed by atoms with Gasteiger partial charge in [-0.25, -0.2) is 9.59 Å². The Labute approximate surface area is 127 Å². The maximum Gasteiger partial charge on any atom is 0.327 e. The summed E-state index contributed by atoms with van der Waals surface area (Å²) in [6.45, 7) is 0.427. The quantitative estimate of drug-likeness (QED) is 0.917. The van der Waals surface area contributed by atoms with E-state index in [1.807, 2.05) is 24.3 Å². The van der Waals surface area contributed by atoms with Crippen LogP contribution in [0.5, 0.6) is 5.75 Å². The van der Waals surface area contributed by atoms with Gasteiger partial charge in [0.15, 0.2) is 0 Å². The highest BCUT2D eigenvalue weighted by Crippen LogP contribution is 2.23. The molecule has 1 saturated heterocycles. The van der Waals surface area contributed by atoms with Gasteiger partial charge >= 0.3 is 12.0 Å². The summed E-state index contributed by atoms with van der Waals surface area (Å²) < 4.78 is 5.09. The van der Waals surface area contributed by atoms with Crippen LogP contribution < -0.4 is 4.74 Å². The van der Waals surface area contributed by atoms with E-state index in [-0.39, 0.29) is 6.03 Å². The number of hydrogen-bond acceptors (Lipinski definition) is 4. The molecule has 114 valence electrons. The first kappa shape index (κ1) is 15.5. The third kappa shape index (κ3) is 3.60. The minimum absolute atomic E-state index is 0.261. The number of carbonyl (C=O) groups excluding carboxylic acids is 1. The zero-order valence-electron chi connectivity index (χ0n) is 12.0. The van der Waals surface area contributed by atoms with Crippen molar-refractivity contribution in [1.82, 2.24) is 9.80 Å². The van der Waals surface area contributed by atoms with Gasteiger partial charge in [0.1, 0.15) is 11.8 Å². The molecule has 0 bridgehead atoms. The molecule has 1 aliphatic rings. The molecule has 1 aromatic rings. The van der Waals surface area contributed by atoms with Gasteiger partial charge < -0.3 is 19.6 Å². The molecule has 1 atom stereocenters. The fraction of sp³-hybridized carbons (Fsp3) is 0.429. The molecule has 1 heterocycles. The number of hydrogen-bond donors (Lipinski definition) is 1. The van der Waals surface area contributed by atoms with Crippen molar-refractivity contribution in [1.29, 1.82) is 0 Å². The van der Waals surface area contributed by atoms with Gasteiger partial charge in [0.05, 0.1) is 13.0 Å². The largest absolute Gasteiger partial charge is 0.497 e. The number of carbonyl (C=O) groups is 2. The van der Waals surface area contributed by atoms with Gasteiger partial charge in [-0.05, 0) is 17.7 Å². The summed E-state index contributed by atoms with van der Waals surface area (Å²) >= 11 is 1.46. The smallest absolute Gasteiger partial charge is 0.327 e. The first-order valence-corrected chi connectivity index (χ1v) is 7.63. The molecule has 7 heteroatoms. The standard InChI is InChI=1S/C14H18N2O4S/c1-15(7-10-3-5-11(20-2)6-4-10)14(19)16-9-21-8-12(16)13(17)18/h3-6,12H,7-9H2,1-2H3,(H,17,18)/t12-/m0/s1. The van der Waals surface area contributed by atoms with Gasteiger partial charge in [-0.2, -0.15) is 0 Å². The number of benzene rings is 1. The van der Waals surface area contributed by atoms with Crippen LogP contribution in [-0.2, 0) is 11.3 Å². The molecule has 1 fully saturated rings. The van der Waals surface area contributed by atoms with Crippen LogP contribution in [0, 0.1) is 0 Å². The van der Waals surface area contributed by atoms with Crippen molar-refractivity contribution in [2.45, 2.75) is 12.6 Å². The van der Waals surface area contributed by atoms with E-state index in [4.69, 9.17) is 9.84 Å². The summed E-state index contributed by atoms with van der Waals surface area (Å²) in [5.74, 6) is 0.668. The average molecular weight is 310 g/mol. The molecule has 0 saturated carbocycles. The van der Waals surface area contributed by atoms with Crippen molar-refractivity contribution >= 4 is 23.8 Å². The molecule has 1 aliphatic heterocycles. The first-order valence-electron chi connectivity index (χ1n) is 6.48. The Morgan fingerprint density at radius 3 is 2.67 bits per heavy atom. The molecular formula is C14H18N2O4S. The lowest BCUT2D eigenvalue weighted by molar-refractivity contribution is -0.140. The molecule has 0 aromatic heterocycles. The number of ether oxygens (including phenoxy) is 1. The Balaban J connectivity index is 2.00. The van der Waals surface area contributed by atoms with E-state index in [2.05, 4.69) is 0 Å². The molecular weight excluding hydrogens is 292 g/mol. The minimum atomic E-state index is -0.953. The summed E-state index contributed by atoms with van der Waals surface area (Å²) in [5, 5.41) is 9.12. The van der Waals surface area contributed by atoms with Crippen LogP contribution >= 0.6 is 11.8 Å². The number of nitrogens with zero attached hydrogens (tertiary/aromatic N) is 2. The molecule has 21 heavy (non-hydrogen) atoms. The highest BCUT2D eigenvalue weighted by molar-refractivity contribution is 7.99. The lowest BCUT2D eigenvalue weighted by Crippen LogP contribution is -2.47. The van der Waals surface area contributed by atoms with Crippen molar-refractivity contribution in [2.75, 3.05) is 25.8 Å². The topological polar surface area (TPSA) is 70.1 Å². The fourth-order valence-corrected chi connectivity index (χ4v) is 3.27. The average Bonchev–Trinajstić information content (AvgIpc) is 2.96. The van der Waals surface area contributed by atoms with Crippen molar-refractivity contribution in [3.05, 3.63) is 29.8 Å². The minimum Gasteiger partial charge on any atom is -0.497 e. The van der Waals surface area contributed by atoms with Crippen molar-refractivity contribution in [2.24, 2.45) is 0 Å². The van der Waals surface area contributed by atoms with E-state index in [0.29, 0.717) is 18.2 Å². The Bertz CT molecular complexity index is 520. The summed E-state index contributed by atoms with van der Waals surface area (Å²) in [6, 6.07) is 6.44. The van der Waals surface area contributed by atoms with Crippen molar-refractivity contribution in [3.63, 3.8) is 0 Å². The van der Waals surface area contributed by atoms with E-state index < -0.39 is 12.0 Å². The molecule has 0 unspecified atom stereocenters. The zero-order chi connectivity index (χ0) is 15.4. The lowest BCUT2D eigenvalue weighted by atomic mass is 10.2. The number of rotatable bonds is 4. The summed E-state index contributed by atoms with van der Waals surface area (Å²) in [5.41, 5.74) is 0.963. The lowest BCUT2D eigenvalue weighted by Gasteiger charge is -2.27. The highest BCUT2D eigenvalue weighted by Gasteiger charge is 2.35. The van der Waals surface area contributed by atoms with E-state index in [1.54, 1.807) is 14.2 Å². The van der Waals surface area contributed by atoms with E-state index >= 15 is 0 Å². The van der Waals surface area contributed by atoms with Crippen LogP contribution in [0.1, 0.15) is 5.56 Å². The zero-order valence-corrected chi connectivity index (χ0v) is 12.8. The predicted octanol–water partition coefficient (Wildman–Crippen LogP) is 1.71. The second kappa shape index (κ2) is 6.71. The Kier molecular flexibility index (Phi) is 4.95. The van der Waals surface area contributed by atoms with E-state index in [1.165, 1.54) is 21.6 Å². The third-order valence-electron chi connectivity index (χ3n) is 3.32. The Hall–Kier alpha value is -1.89. The van der Waals surface area contributed by atoms with Crippen LogP contribution in [0.25, 0.3) is 0 Å². The van der Waals surface area contributed by atoms with Gasteiger partial charge in [0, 0.05) is 19.3 Å². The number of amides is 2. The van der Waals surface area contributed by atoms with E-state index in [9.17, 15) is 9.59 Å². The van der Waals surface area contributed by atoms with Crippen LogP contribution in [0.15, 0.2) is 24.3 Å². The Morgan fingerprint density at radius 1 is 1.43 bits per heavy atom. The predicted molar refractivity (Wildman–Crippen MR) is 80.4 cm³/mol. The number of methoxy groups -OCH3 is 1. The molecule has 1 aromatic carbocycles. The fourth-order valence-electron chi connectivity index (χ4n) is 2.13. The Morgan fingerprint density at radius 2 is 2.10 bits per heavy atom. The van der Waals surface area contributed by atoms with Crippen LogP contribution in [0.4, 0.5) is 4.79 Å². The monoisotopic (exact) mass is 310 g/mol. The molecule has 0 aliphatic carbocycles. The summed E-state index contributed by atoms with van der Waals surface area (Å²) in [6.07, 6.45) is 0. The first-order chi connectivity index (χ1) is 10.0. The molecule has 2 amide bonds. The summed E-state index contributed by atoms with van der Waals surface area (Å²) in [7, 11) is 3.27. The number of aliphatic carboxylic acids is 1. The van der Waals surface area contributed by atoms with Crippen molar-refractivity contribution < 1.29 is 19.4 Å². The molecule has 2 rings (SSSR count). The number of thioether (sulfide) groups is 1. The number of carboxylic acids is 1. The number of carboxylic acid groups (broad SMARTS) is 1. The number of urea groups is 1. The van der Waals surface area contributed by atoms with Crippen molar-refractivity contribution in [3.8, 4) is 5.75 Å². The van der Waals surface area contributed by atoms with Gasteiger partial charge in [0.2, 0.25) is 0 Å². The summed E-state index contributed by atoms with van der Waals surface area (Å²) in [4.78, 5) is 26.4. The molecule has 1 N–H and O–H groups in total. The van der Waals surface area contributed by atoms with Gasteiger partial charge in [-0.3, -0.25) is 0 Å². The van der Waals surface area contributed by atoms with Crippen LogP contribution in [0.3, 0.4) is 0 Å². The van der Waals surface area contributed by atoms with Gasteiger partial charge in [0.25, 0.3) is 0 Å². The SMILES string of the molecule is COc1ccc(CN(C)C(=O)N2CSC[C@H]2C(=O)O)cc1. The molecule has 6 nitrogen and oxygen atoms in total. The van der Waals surface area contributed by atoms with Gasteiger partial charge in [-0.15, -0.1) is 11.8 Å². The maximum absolute atomic E-state index is 12.3. The highest BCUT2D eigenvalue weighted by atomic mass is 32.2. The maximum atomic E-state index is 12.3. The van der Waals surface area contributed by atoms with Crippen LogP contribution in [0.2, 0.25) is 0 Å². The molecule has 0 radical (unpaired) electrons. The van der Waals surface area contributed by atoms with E-state index in [0.717, 1.165) is 11.3 Å². The second-order valence-corrected chi connectivity index (χ2v) is 5.81. The normalized spacial score (nSPS) is 17.6. The molecule has 0 spiro atoms. The van der Waals surface area contributed by atoms with Gasteiger partial charge in [-0.1, -0.05) is 12.1 Å². The second-order valence-electron chi connectivity index (χ2n) is 4.81.